The topological polar surface area (TPSA) is 69.6 Å². The van der Waals surface area contributed by atoms with Gasteiger partial charge in [0.2, 0.25) is 0 Å². The highest BCUT2D eigenvalue weighted by molar-refractivity contribution is 5.76. The molecule has 84 valence electrons. The molecule has 2 unspecified atom stereocenters. The molecule has 1 heterocycles. The first-order valence-electron chi connectivity index (χ1n) is 5.45. The van der Waals surface area contributed by atoms with Gasteiger partial charge in [0, 0.05) is 19.1 Å². The van der Waals surface area contributed by atoms with Gasteiger partial charge in [-0.05, 0) is 18.8 Å². The molecule has 1 aliphatic heterocycles. The molecule has 2 fully saturated rings. The zero-order valence-electron chi connectivity index (χ0n) is 8.61. The highest BCUT2D eigenvalue weighted by atomic mass is 16.4. The number of hydrogen-bond donors (Lipinski definition) is 2. The second-order valence-electron chi connectivity index (χ2n) is 4.28. The summed E-state index contributed by atoms with van der Waals surface area (Å²) in [6.07, 6.45) is 3.36. The van der Waals surface area contributed by atoms with Gasteiger partial charge in [0.25, 0.3) is 0 Å². The fraction of sp³-hybridized carbons (Fsp3) is 0.800. The number of fused-ring (bicyclic) bond motifs is 1. The van der Waals surface area contributed by atoms with E-state index in [0.717, 1.165) is 25.8 Å². The fourth-order valence-electron chi connectivity index (χ4n) is 2.62. The van der Waals surface area contributed by atoms with Crippen LogP contribution in [0.15, 0.2) is 0 Å². The molecular weight excluding hydrogens is 196 g/mol. The minimum atomic E-state index is -0.845. The van der Waals surface area contributed by atoms with Crippen molar-refractivity contribution >= 4 is 12.0 Å². The molecule has 5 heteroatoms. The molecule has 0 aromatic heterocycles. The van der Waals surface area contributed by atoms with Crippen LogP contribution < -0.4 is 5.32 Å². The van der Waals surface area contributed by atoms with Crippen LogP contribution in [0.1, 0.15) is 25.7 Å². The number of amides is 2. The van der Waals surface area contributed by atoms with Crippen molar-refractivity contribution in [2.75, 3.05) is 13.1 Å². The van der Waals surface area contributed by atoms with Crippen molar-refractivity contribution in [3.63, 3.8) is 0 Å². The molecule has 1 saturated heterocycles. The molecular formula is C10H16N2O3. The largest absolute Gasteiger partial charge is 0.481 e. The van der Waals surface area contributed by atoms with Gasteiger partial charge >= 0.3 is 12.0 Å². The number of rotatable bonds is 3. The minimum Gasteiger partial charge on any atom is -0.481 e. The van der Waals surface area contributed by atoms with E-state index in [1.807, 2.05) is 0 Å². The molecule has 1 aliphatic carbocycles. The Kier molecular flexibility index (Phi) is 2.79. The summed E-state index contributed by atoms with van der Waals surface area (Å²) in [6, 6.07) is 0.178. The van der Waals surface area contributed by atoms with Crippen LogP contribution in [0, 0.1) is 5.92 Å². The van der Waals surface area contributed by atoms with Crippen molar-refractivity contribution < 1.29 is 14.7 Å². The van der Waals surface area contributed by atoms with Gasteiger partial charge in [-0.15, -0.1) is 0 Å². The van der Waals surface area contributed by atoms with E-state index < -0.39 is 5.97 Å². The van der Waals surface area contributed by atoms with Gasteiger partial charge in [-0.25, -0.2) is 4.79 Å². The monoisotopic (exact) mass is 212 g/mol. The number of carboxylic acids is 1. The van der Waals surface area contributed by atoms with Gasteiger partial charge in [0.1, 0.15) is 0 Å². The summed E-state index contributed by atoms with van der Waals surface area (Å²) in [7, 11) is 0. The summed E-state index contributed by atoms with van der Waals surface area (Å²) >= 11 is 0. The highest BCUT2D eigenvalue weighted by Crippen LogP contribution is 2.31. The van der Waals surface area contributed by atoms with E-state index >= 15 is 0 Å². The molecule has 0 bridgehead atoms. The standard InChI is InChI=1S/C10H16N2O3/c13-9(14)4-5-12-8-3-1-2-7(8)6-11-10(12)15/h7-8H,1-6H2,(H,11,15)(H,13,14). The number of carbonyl (C=O) groups excluding carboxylic acids is 1. The number of hydrogen-bond acceptors (Lipinski definition) is 2. The molecule has 2 aliphatic rings. The average molecular weight is 212 g/mol. The Hall–Kier alpha value is -1.26. The minimum absolute atomic E-state index is 0.0383. The van der Waals surface area contributed by atoms with E-state index in [9.17, 15) is 9.59 Å². The third kappa shape index (κ3) is 2.06. The Morgan fingerprint density at radius 1 is 1.53 bits per heavy atom. The van der Waals surface area contributed by atoms with Crippen molar-refractivity contribution in [3.05, 3.63) is 0 Å². The molecule has 0 aromatic carbocycles. The Morgan fingerprint density at radius 3 is 3.07 bits per heavy atom. The van der Waals surface area contributed by atoms with E-state index in [4.69, 9.17) is 5.11 Å². The molecule has 2 rings (SSSR count). The number of urea groups is 1. The summed E-state index contributed by atoms with van der Waals surface area (Å²) < 4.78 is 0. The molecule has 0 radical (unpaired) electrons. The predicted octanol–water partition coefficient (Wildman–Crippen LogP) is 0.655. The SMILES string of the molecule is O=C(O)CCN1C(=O)NCC2CCCC21. The summed E-state index contributed by atoms with van der Waals surface area (Å²) in [6.45, 7) is 1.09. The summed E-state index contributed by atoms with van der Waals surface area (Å²) in [5.74, 6) is -0.320. The van der Waals surface area contributed by atoms with Gasteiger partial charge in [-0.2, -0.15) is 0 Å². The Bertz CT molecular complexity index is 280. The number of aliphatic carboxylic acids is 1. The molecule has 1 saturated carbocycles. The lowest BCUT2D eigenvalue weighted by Gasteiger charge is -2.37. The summed E-state index contributed by atoms with van der Waals surface area (Å²) in [5, 5.41) is 11.4. The van der Waals surface area contributed by atoms with Crippen LogP contribution in [0.3, 0.4) is 0 Å². The lowest BCUT2D eigenvalue weighted by molar-refractivity contribution is -0.137. The molecule has 2 N–H and O–H groups in total. The lowest BCUT2D eigenvalue weighted by Crippen LogP contribution is -2.55. The Morgan fingerprint density at radius 2 is 2.33 bits per heavy atom. The Balaban J connectivity index is 1.99. The quantitative estimate of drug-likeness (QED) is 0.721. The first kappa shape index (κ1) is 10.3. The average Bonchev–Trinajstić information content (AvgIpc) is 2.63. The predicted molar refractivity (Wildman–Crippen MR) is 53.5 cm³/mol. The van der Waals surface area contributed by atoms with Crippen LogP contribution in [-0.4, -0.2) is 41.1 Å². The van der Waals surface area contributed by atoms with E-state index in [1.54, 1.807) is 4.90 Å². The molecule has 2 amide bonds. The van der Waals surface area contributed by atoms with Crippen LogP contribution in [0.25, 0.3) is 0 Å². The van der Waals surface area contributed by atoms with E-state index in [2.05, 4.69) is 5.32 Å². The van der Waals surface area contributed by atoms with Crippen molar-refractivity contribution in [2.45, 2.75) is 31.7 Å². The zero-order chi connectivity index (χ0) is 10.8. The smallest absolute Gasteiger partial charge is 0.317 e. The van der Waals surface area contributed by atoms with Gasteiger partial charge in [-0.3, -0.25) is 4.79 Å². The second kappa shape index (κ2) is 4.08. The van der Waals surface area contributed by atoms with E-state index in [0.29, 0.717) is 12.5 Å². The molecule has 5 nitrogen and oxygen atoms in total. The van der Waals surface area contributed by atoms with Crippen molar-refractivity contribution in [2.24, 2.45) is 5.92 Å². The van der Waals surface area contributed by atoms with Crippen LogP contribution in [-0.2, 0) is 4.79 Å². The third-order valence-electron chi connectivity index (χ3n) is 3.36. The molecule has 2 atom stereocenters. The van der Waals surface area contributed by atoms with Gasteiger partial charge in [0.05, 0.1) is 6.42 Å². The number of nitrogens with zero attached hydrogens (tertiary/aromatic N) is 1. The van der Waals surface area contributed by atoms with Crippen LogP contribution >= 0.6 is 0 Å². The summed E-state index contributed by atoms with van der Waals surface area (Å²) in [5.41, 5.74) is 0. The van der Waals surface area contributed by atoms with Crippen molar-refractivity contribution in [3.8, 4) is 0 Å². The Labute approximate surface area is 88.4 Å². The normalized spacial score (nSPS) is 29.9. The molecule has 15 heavy (non-hydrogen) atoms. The number of nitrogens with one attached hydrogen (secondary N) is 1. The van der Waals surface area contributed by atoms with Gasteiger partial charge in [0.15, 0.2) is 0 Å². The first-order chi connectivity index (χ1) is 7.18. The van der Waals surface area contributed by atoms with Gasteiger partial charge in [-0.1, -0.05) is 6.42 Å². The zero-order valence-corrected chi connectivity index (χ0v) is 8.61. The fourth-order valence-corrected chi connectivity index (χ4v) is 2.62. The van der Waals surface area contributed by atoms with Crippen LogP contribution in [0.4, 0.5) is 4.79 Å². The van der Waals surface area contributed by atoms with Crippen LogP contribution in [0.5, 0.6) is 0 Å². The maximum absolute atomic E-state index is 11.6. The lowest BCUT2D eigenvalue weighted by atomic mass is 10.00. The van der Waals surface area contributed by atoms with Crippen molar-refractivity contribution in [1.82, 2.24) is 10.2 Å². The third-order valence-corrected chi connectivity index (χ3v) is 3.36. The number of carbonyl (C=O) groups is 2. The van der Waals surface area contributed by atoms with E-state index in [-0.39, 0.29) is 18.5 Å². The summed E-state index contributed by atoms with van der Waals surface area (Å²) in [4.78, 5) is 23.8. The maximum atomic E-state index is 11.6. The molecule has 0 spiro atoms. The highest BCUT2D eigenvalue weighted by Gasteiger charge is 2.38. The second-order valence-corrected chi connectivity index (χ2v) is 4.28. The number of carboxylic acid groups (broad SMARTS) is 1. The first-order valence-corrected chi connectivity index (χ1v) is 5.45. The van der Waals surface area contributed by atoms with Gasteiger partial charge < -0.3 is 15.3 Å². The maximum Gasteiger partial charge on any atom is 0.317 e. The molecule has 0 aromatic rings. The van der Waals surface area contributed by atoms with Crippen LogP contribution in [0.2, 0.25) is 0 Å². The van der Waals surface area contributed by atoms with E-state index in [1.165, 1.54) is 0 Å². The van der Waals surface area contributed by atoms with Crippen molar-refractivity contribution in [1.29, 1.82) is 0 Å².